The molecule has 0 saturated heterocycles. The number of likely N-dealkylation sites (N-methyl/N-ethyl adjacent to an activating group) is 1. The predicted octanol–water partition coefficient (Wildman–Crippen LogP) is -0.756. The molecule has 0 aliphatic heterocycles. The number of carbonyl (C=O) groups is 1. The molecule has 114 valence electrons. The van der Waals surface area contributed by atoms with Gasteiger partial charge in [0.15, 0.2) is 0 Å². The Balaban J connectivity index is 0. The lowest BCUT2D eigenvalue weighted by molar-refractivity contribution is -0.873. The van der Waals surface area contributed by atoms with E-state index < -0.39 is 19.9 Å². The van der Waals surface area contributed by atoms with Gasteiger partial charge in [0.25, 0.3) is 0 Å². The number of hydrogen-bond donors (Lipinski definition) is 4. The summed E-state index contributed by atoms with van der Waals surface area (Å²) in [6.07, 6.45) is 2.33. The molecule has 0 heterocycles. The zero-order chi connectivity index (χ0) is 15.7. The Kier molecular flexibility index (Phi) is 9.95. The third-order valence-electron chi connectivity index (χ3n) is 1.48. The van der Waals surface area contributed by atoms with Crippen LogP contribution < -0.4 is 0 Å². The highest BCUT2D eigenvalue weighted by atomic mass is 31.2. The number of hydrogen-bond acceptors (Lipinski definition) is 4. The molecule has 8 nitrogen and oxygen atoms in total. The summed E-state index contributed by atoms with van der Waals surface area (Å²) in [5, 5.41) is 9.48. The molecule has 0 rings (SSSR count). The quantitative estimate of drug-likeness (QED) is 0.228. The second-order valence-electron chi connectivity index (χ2n) is 4.77. The van der Waals surface area contributed by atoms with Crippen LogP contribution in [-0.2, 0) is 14.1 Å². The number of carbonyl (C=O) groups excluding carboxylic acids is 1. The maximum absolute atomic E-state index is 10.9. The van der Waals surface area contributed by atoms with Crippen molar-refractivity contribution in [3.05, 3.63) is 12.2 Å². The van der Waals surface area contributed by atoms with Crippen LogP contribution in [0.5, 0.6) is 0 Å². The van der Waals surface area contributed by atoms with E-state index in [1.54, 1.807) is 13.0 Å². The van der Waals surface area contributed by atoms with Crippen LogP contribution in [0.25, 0.3) is 0 Å². The molecule has 1 atom stereocenters. The number of allylic oxidation sites excluding steroid dienone is 1. The smallest absolute Gasteiger partial charge is 0.460 e. The van der Waals surface area contributed by atoms with Crippen molar-refractivity contribution in [1.29, 1.82) is 0 Å². The van der Waals surface area contributed by atoms with Crippen LogP contribution in [0.4, 0.5) is 0 Å². The summed E-state index contributed by atoms with van der Waals surface area (Å²) in [6.45, 7) is 2.35. The minimum absolute atomic E-state index is 0.0543. The largest absolute Gasteiger partial charge is 0.466 e. The van der Waals surface area contributed by atoms with Crippen molar-refractivity contribution < 1.29 is 38.4 Å². The lowest BCUT2D eigenvalue weighted by Crippen LogP contribution is -2.43. The third kappa shape index (κ3) is 26.7. The molecule has 0 amide bonds. The maximum Gasteiger partial charge on any atom is 0.466 e. The van der Waals surface area contributed by atoms with Gasteiger partial charge in [0.05, 0.1) is 21.1 Å². The molecule has 0 spiro atoms. The normalized spacial score (nSPS) is 13.7. The maximum atomic E-state index is 10.9. The molecule has 0 aromatic carbocycles. The van der Waals surface area contributed by atoms with E-state index >= 15 is 0 Å². The standard InChI is InChI=1S/C10H20NO3.H3O4P/c1-5-6-10(13)14-8-9(12)7-11(2,3)4;1-5(2,3)4/h5-6,9,12H,7-8H2,1-4H3;(H3,1,2,3,4)/q+1;. The van der Waals surface area contributed by atoms with E-state index in [0.717, 1.165) is 0 Å². The van der Waals surface area contributed by atoms with Crippen LogP contribution >= 0.6 is 7.82 Å². The fourth-order valence-electron chi connectivity index (χ4n) is 1.05. The lowest BCUT2D eigenvalue weighted by atomic mass is 10.3. The van der Waals surface area contributed by atoms with Gasteiger partial charge in [-0.3, -0.25) is 0 Å². The second kappa shape index (κ2) is 9.19. The molecule has 0 bridgehead atoms. The van der Waals surface area contributed by atoms with Crippen molar-refractivity contribution in [1.82, 2.24) is 0 Å². The molecule has 0 fully saturated rings. The van der Waals surface area contributed by atoms with E-state index in [0.29, 0.717) is 11.0 Å². The number of aliphatic hydroxyl groups is 1. The van der Waals surface area contributed by atoms with E-state index in [1.165, 1.54) is 6.08 Å². The van der Waals surface area contributed by atoms with Gasteiger partial charge in [-0.25, -0.2) is 9.36 Å². The number of esters is 1. The van der Waals surface area contributed by atoms with Gasteiger partial charge in [0.2, 0.25) is 0 Å². The topological polar surface area (TPSA) is 124 Å². The molecule has 0 aromatic heterocycles. The minimum atomic E-state index is -4.64. The highest BCUT2D eigenvalue weighted by Gasteiger charge is 2.16. The van der Waals surface area contributed by atoms with Crippen molar-refractivity contribution in [3.8, 4) is 0 Å². The number of phosphoric acid groups is 1. The average Bonchev–Trinajstić information content (AvgIpc) is 2.09. The summed E-state index contributed by atoms with van der Waals surface area (Å²) in [5.41, 5.74) is 0. The van der Waals surface area contributed by atoms with E-state index in [4.69, 9.17) is 24.0 Å². The Morgan fingerprint density at radius 1 is 1.32 bits per heavy atom. The van der Waals surface area contributed by atoms with Crippen LogP contribution in [0.2, 0.25) is 0 Å². The van der Waals surface area contributed by atoms with Crippen molar-refractivity contribution >= 4 is 13.8 Å². The Labute approximate surface area is 112 Å². The second-order valence-corrected chi connectivity index (χ2v) is 5.80. The number of nitrogens with zero attached hydrogens (tertiary/aromatic N) is 1. The molecular formula is C10H23NO7P+. The van der Waals surface area contributed by atoms with Crippen molar-refractivity contribution in [3.63, 3.8) is 0 Å². The Hall–Kier alpha value is -0.760. The van der Waals surface area contributed by atoms with E-state index in [1.807, 2.05) is 21.1 Å². The van der Waals surface area contributed by atoms with Gasteiger partial charge in [-0.15, -0.1) is 0 Å². The summed E-state index contributed by atoms with van der Waals surface area (Å²) in [7, 11) is 1.27. The van der Waals surface area contributed by atoms with Crippen molar-refractivity contribution in [2.75, 3.05) is 34.3 Å². The number of aliphatic hydroxyl groups excluding tert-OH is 1. The summed E-state index contributed by atoms with van der Waals surface area (Å²) in [4.78, 5) is 32.5. The van der Waals surface area contributed by atoms with Crippen LogP contribution in [0.3, 0.4) is 0 Å². The van der Waals surface area contributed by atoms with Gasteiger partial charge in [0.1, 0.15) is 19.3 Å². The number of quaternary nitrogens is 1. The Morgan fingerprint density at radius 3 is 2.05 bits per heavy atom. The molecular weight excluding hydrogens is 277 g/mol. The summed E-state index contributed by atoms with van der Waals surface area (Å²) in [6, 6.07) is 0. The molecule has 4 N–H and O–H groups in total. The highest BCUT2D eigenvalue weighted by Crippen LogP contribution is 2.25. The first kappa shape index (κ1) is 20.6. The molecule has 19 heavy (non-hydrogen) atoms. The van der Waals surface area contributed by atoms with Crippen LogP contribution in [0.15, 0.2) is 12.2 Å². The SMILES string of the molecule is CC=CC(=O)OCC(O)C[N+](C)(C)C.O=P(O)(O)O. The molecule has 0 saturated carbocycles. The van der Waals surface area contributed by atoms with E-state index in [9.17, 15) is 9.90 Å². The van der Waals surface area contributed by atoms with Crippen LogP contribution in [0.1, 0.15) is 6.92 Å². The predicted molar refractivity (Wildman–Crippen MR) is 68.9 cm³/mol. The Bertz CT molecular complexity index is 323. The summed E-state index contributed by atoms with van der Waals surface area (Å²) >= 11 is 0. The lowest BCUT2D eigenvalue weighted by Gasteiger charge is -2.26. The third-order valence-corrected chi connectivity index (χ3v) is 1.48. The first-order chi connectivity index (χ1) is 8.35. The summed E-state index contributed by atoms with van der Waals surface area (Å²) < 4.78 is 14.3. The first-order valence-electron chi connectivity index (χ1n) is 5.41. The van der Waals surface area contributed by atoms with E-state index in [2.05, 4.69) is 0 Å². The number of rotatable bonds is 5. The molecule has 9 heteroatoms. The van der Waals surface area contributed by atoms with Gasteiger partial charge in [0, 0.05) is 6.08 Å². The van der Waals surface area contributed by atoms with Gasteiger partial charge in [-0.2, -0.15) is 0 Å². The molecule has 1 unspecified atom stereocenters. The zero-order valence-electron chi connectivity index (χ0n) is 11.6. The van der Waals surface area contributed by atoms with Crippen LogP contribution in [-0.4, -0.2) is 70.6 Å². The molecule has 0 aliphatic rings. The summed E-state index contributed by atoms with van der Waals surface area (Å²) in [5.74, 6) is -0.409. The average molecular weight is 300 g/mol. The van der Waals surface area contributed by atoms with E-state index in [-0.39, 0.29) is 6.61 Å². The fraction of sp³-hybridized carbons (Fsp3) is 0.700. The van der Waals surface area contributed by atoms with Crippen LogP contribution in [0, 0.1) is 0 Å². The van der Waals surface area contributed by atoms with Crippen molar-refractivity contribution in [2.45, 2.75) is 13.0 Å². The molecule has 0 radical (unpaired) electrons. The minimum Gasteiger partial charge on any atom is -0.460 e. The molecule has 0 aromatic rings. The molecule has 0 aliphatic carbocycles. The highest BCUT2D eigenvalue weighted by molar-refractivity contribution is 7.45. The van der Waals surface area contributed by atoms with Gasteiger partial charge < -0.3 is 29.0 Å². The van der Waals surface area contributed by atoms with Gasteiger partial charge in [-0.05, 0) is 6.92 Å². The fourth-order valence-corrected chi connectivity index (χ4v) is 1.05. The Morgan fingerprint density at radius 2 is 1.74 bits per heavy atom. The first-order valence-corrected chi connectivity index (χ1v) is 6.98. The zero-order valence-corrected chi connectivity index (χ0v) is 12.4. The van der Waals surface area contributed by atoms with Crippen molar-refractivity contribution in [2.24, 2.45) is 0 Å². The number of ether oxygens (including phenoxy) is 1. The van der Waals surface area contributed by atoms with Gasteiger partial charge >= 0.3 is 13.8 Å². The van der Waals surface area contributed by atoms with Gasteiger partial charge in [-0.1, -0.05) is 6.08 Å². The monoisotopic (exact) mass is 300 g/mol.